The van der Waals surface area contributed by atoms with Gasteiger partial charge in [0.2, 0.25) is 65.0 Å². The molecule has 0 aliphatic carbocycles. The number of nitrogens with one attached hydrogen (secondary N) is 7. The van der Waals surface area contributed by atoms with Gasteiger partial charge in [-0.1, -0.05) is 43.2 Å². The van der Waals surface area contributed by atoms with Gasteiger partial charge in [-0.2, -0.15) is 47.0 Å². The second-order valence-electron chi connectivity index (χ2n) is 36.6. The van der Waals surface area contributed by atoms with Crippen molar-refractivity contribution in [2.24, 2.45) is 0 Å². The number of Topliss-reactive ketones (excluding diaryl/α,β-unsaturated/α-hetero) is 2. The van der Waals surface area contributed by atoms with E-state index in [1.165, 1.54) is 178 Å². The van der Waals surface area contributed by atoms with E-state index >= 15 is 0 Å². The Bertz CT molecular complexity index is 4120. The number of likely N-dealkylation sites (N-methyl/N-ethyl adjacent to an activating group) is 12. The summed E-state index contributed by atoms with van der Waals surface area (Å²) in [6.07, 6.45) is 1.55. The largest absolute Gasteiger partial charge is 0.480 e. The molecular weight excluding hydrogens is 1910 g/mol. The first kappa shape index (κ1) is 122. The summed E-state index contributed by atoms with van der Waals surface area (Å²) in [6.45, 7) is 16.6. The van der Waals surface area contributed by atoms with Crippen molar-refractivity contribution in [3.8, 4) is 0 Å². The smallest absolute Gasteiger partial charge is 0.408 e. The van der Waals surface area contributed by atoms with E-state index in [1.54, 1.807) is 129 Å². The number of fused-ring (bicyclic) bond motifs is 5. The average Bonchev–Trinajstić information content (AvgIpc) is 0.789. The standard InChI is InChI=1S/C42H71N9O12S4.C41H71N9O13S4/c1-41(2,3)62-39(60)44-25-19-47(8)37(58)30(24-65-15)51(12,13)38(59)29-23-67-66-22-28(48(9)32(53)17-16-31(25)52)36(57)50(11)27(21-64-14)35(56)46(7)20-26(45-40(61)63-42(4,5)6)34(55)43-18-33(54)49(29)10;1-40(2,3)62-38(60)44-24-18-46(8)35(57)27(21-64-13)49(11)34(56)26(42-7)20-66-67-23-29(48(10)31(52)16-15-30(24)51)37(59)50(12)28(22-65-14)36(58)47(9)19-25(33(55)43-17-32(53)54)45-39(61)63-41(4,5)6/h25-30H,16-24H2,1-15H3,(H2-,43,44,45,55,60,61);24-29,42H,15-23H2,1-14H3,(H,43,55)(H,44,60)(H,45,61)(H,53,54)/p+1/t25-,26-,27+,28+,29+,30+;24-,25-,26+,27+,28+,29+/m11/s1. The van der Waals surface area contributed by atoms with Crippen molar-refractivity contribution >= 4 is 209 Å². The maximum absolute atomic E-state index is 15.0. The minimum Gasteiger partial charge on any atom is -0.480 e. The molecule has 51 heteroatoms. The number of alkyl carbamates (subject to hydrolysis) is 4. The molecular formula is C83H143N18O25S8+. The Labute approximate surface area is 819 Å². The van der Waals surface area contributed by atoms with E-state index in [0.717, 1.165) is 31.4 Å². The molecule has 3 aliphatic heterocycles. The van der Waals surface area contributed by atoms with Crippen LogP contribution in [-0.2, 0) is 95.7 Å². The molecule has 2 bridgehead atoms. The fourth-order valence-electron chi connectivity index (χ4n) is 13.2. The molecule has 134 heavy (non-hydrogen) atoms. The molecule has 0 saturated carbocycles. The van der Waals surface area contributed by atoms with Gasteiger partial charge in [0.1, 0.15) is 83.3 Å². The molecule has 0 unspecified atom stereocenters. The van der Waals surface area contributed by atoms with E-state index < -0.39 is 270 Å². The second kappa shape index (κ2) is 56.1. The molecule has 8 N–H and O–H groups in total. The number of nitrogens with zero attached hydrogens (tertiary/aromatic N) is 11. The number of quaternary nitrogens is 1. The molecule has 3 fully saturated rings. The van der Waals surface area contributed by atoms with Crippen LogP contribution in [0, 0.1) is 0 Å². The van der Waals surface area contributed by atoms with Crippen molar-refractivity contribution in [2.45, 2.75) is 204 Å². The van der Waals surface area contributed by atoms with Crippen LogP contribution in [0.15, 0.2) is 0 Å². The third kappa shape index (κ3) is 40.2. The predicted molar refractivity (Wildman–Crippen MR) is 522 cm³/mol. The highest BCUT2D eigenvalue weighted by Crippen LogP contribution is 2.32. The molecule has 3 saturated heterocycles. The van der Waals surface area contributed by atoms with Crippen LogP contribution in [-0.4, -0.2) is 474 Å². The van der Waals surface area contributed by atoms with E-state index in [-0.39, 0.29) is 59.1 Å². The minimum absolute atomic E-state index is 0.0344. The lowest BCUT2D eigenvalue weighted by atomic mass is 10.1. The fourth-order valence-corrected chi connectivity index (χ4v) is 21.1. The van der Waals surface area contributed by atoms with E-state index in [0.29, 0.717) is 0 Å². The summed E-state index contributed by atoms with van der Waals surface area (Å²) in [7, 11) is 23.5. The molecule has 17 amide bonds. The Morgan fingerprint density at radius 2 is 0.896 bits per heavy atom. The Morgan fingerprint density at radius 3 is 1.34 bits per heavy atom. The van der Waals surface area contributed by atoms with Crippen LogP contribution in [0.25, 0.3) is 0 Å². The van der Waals surface area contributed by atoms with E-state index in [4.69, 9.17) is 24.1 Å². The van der Waals surface area contributed by atoms with Gasteiger partial charge in [0.15, 0.2) is 23.7 Å². The molecule has 12 atom stereocenters. The van der Waals surface area contributed by atoms with Crippen LogP contribution in [0.1, 0.15) is 109 Å². The zero-order valence-corrected chi connectivity index (χ0v) is 89.1. The summed E-state index contributed by atoms with van der Waals surface area (Å²) in [5.41, 5.74) is -3.78. The van der Waals surface area contributed by atoms with Gasteiger partial charge in [0, 0.05) is 163 Å². The number of carboxylic acids is 1. The number of hydrogen-bond donors (Lipinski definition) is 8. The van der Waals surface area contributed by atoms with Crippen LogP contribution in [0.2, 0.25) is 0 Å². The Balaban J connectivity index is 0.000000907. The van der Waals surface area contributed by atoms with Crippen LogP contribution < -0.4 is 37.2 Å². The fraction of sp³-hybridized carbons (Fsp3) is 0.759. The lowest BCUT2D eigenvalue weighted by molar-refractivity contribution is -0.829. The monoisotopic (exact) mass is 2050 g/mol. The highest BCUT2D eigenvalue weighted by Gasteiger charge is 2.50. The second-order valence-corrected chi connectivity index (χ2v) is 45.3. The van der Waals surface area contributed by atoms with Crippen LogP contribution in [0.3, 0.4) is 0 Å². The summed E-state index contributed by atoms with van der Waals surface area (Å²) < 4.78 is 20.9. The van der Waals surface area contributed by atoms with Gasteiger partial charge in [0.25, 0.3) is 5.91 Å². The first-order valence-corrected chi connectivity index (χ1v) is 53.3. The van der Waals surface area contributed by atoms with Crippen molar-refractivity contribution in [1.29, 1.82) is 0 Å². The van der Waals surface area contributed by atoms with Crippen molar-refractivity contribution < 1.29 is 124 Å². The van der Waals surface area contributed by atoms with Crippen LogP contribution in [0.5, 0.6) is 0 Å². The Kier molecular flexibility index (Phi) is 51.1. The summed E-state index contributed by atoms with van der Waals surface area (Å²) in [4.78, 5) is 287. The molecule has 0 radical (unpaired) electrons. The van der Waals surface area contributed by atoms with Crippen molar-refractivity contribution in [2.75, 3.05) is 202 Å². The summed E-state index contributed by atoms with van der Waals surface area (Å²) in [5.74, 6) is -10.2. The van der Waals surface area contributed by atoms with E-state index in [2.05, 4.69) is 37.2 Å². The number of carbonyl (C=O) groups excluding carboxylic acids is 19. The predicted octanol–water partition coefficient (Wildman–Crippen LogP) is 1.17. The molecule has 43 nitrogen and oxygen atoms in total. The third-order valence-corrected chi connectivity index (χ3v) is 28.3. The maximum atomic E-state index is 15.0. The Hall–Kier alpha value is -8.08. The van der Waals surface area contributed by atoms with Gasteiger partial charge in [0.05, 0.1) is 32.4 Å². The van der Waals surface area contributed by atoms with Crippen LogP contribution in [0.4, 0.5) is 19.2 Å². The number of amides is 17. The number of thioether (sulfide) groups is 4. The molecule has 0 spiro atoms. The van der Waals surface area contributed by atoms with E-state index in [1.807, 2.05) is 0 Å². The van der Waals surface area contributed by atoms with Gasteiger partial charge >= 0.3 is 36.2 Å². The molecule has 3 aliphatic rings. The number of hydrogen-bond acceptors (Lipinski definition) is 33. The quantitative estimate of drug-likeness (QED) is 0.0454. The van der Waals surface area contributed by atoms with E-state index in [9.17, 15) is 95.9 Å². The molecule has 3 heterocycles. The summed E-state index contributed by atoms with van der Waals surface area (Å²) in [5, 5.41) is 26.8. The third-order valence-electron chi connectivity index (χ3n) is 20.9. The lowest BCUT2D eigenvalue weighted by Crippen LogP contribution is -2.66. The van der Waals surface area contributed by atoms with Gasteiger partial charge in [-0.3, -0.25) is 76.4 Å². The summed E-state index contributed by atoms with van der Waals surface area (Å²) >= 11 is 5.14. The number of aliphatic carboxylic acids is 1. The summed E-state index contributed by atoms with van der Waals surface area (Å²) in [6, 6.07) is -14.4. The van der Waals surface area contributed by atoms with Gasteiger partial charge in [-0.15, -0.1) is 0 Å². The SMILES string of the molecule is CN[C@H]1CSSC[C@@H](C(=O)N(C)[C@@H](CSC)C(=O)N(C)C[C@@H](NC(=O)OC(C)(C)C)C(=O)NCC(=O)O)N(C)C(=O)CCC(=O)[C@H](NC(=O)OC(C)(C)C)CN(C)C(=O)[C@H](CSC)N(C)C1=O.CSC[C@H]1C(=O)N(C)C[C@@H](NC(=O)OC(C)(C)C)C(=O)NCC(=O)N(C)[C@H]2CSSC[C@@H](C(=O)N1C)N(C)C(=O)CCC(=O)[C@H](NC(=O)OC(C)(C)C)CN(C)C(=O)[C@H](CSC)[N+](C)(C)C2=O. The molecule has 0 aromatic rings. The zero-order valence-electron chi connectivity index (χ0n) is 82.6. The molecule has 3 rings (SSSR count). The molecule has 762 valence electrons. The minimum atomic E-state index is -1.47. The normalized spacial score (nSPS) is 23.2. The van der Waals surface area contributed by atoms with Crippen molar-refractivity contribution in [3.63, 3.8) is 0 Å². The molecule has 0 aromatic carbocycles. The van der Waals surface area contributed by atoms with Crippen molar-refractivity contribution in [1.82, 2.24) is 86.2 Å². The lowest BCUT2D eigenvalue weighted by Gasteiger charge is -2.40. The number of carbonyl (C=O) groups is 20. The number of ether oxygens (including phenoxy) is 4. The van der Waals surface area contributed by atoms with Gasteiger partial charge in [-0.05, 0) is 115 Å². The number of ketones is 2. The number of carboxylic acid groups (broad SMARTS) is 1. The highest BCUT2D eigenvalue weighted by molar-refractivity contribution is 8.77. The average molecular weight is 2050 g/mol. The maximum Gasteiger partial charge on any atom is 0.408 e. The first-order valence-electron chi connectivity index (χ1n) is 42.7. The topological polar surface area (TPSA) is 515 Å². The van der Waals surface area contributed by atoms with Crippen LogP contribution >= 0.6 is 90.2 Å². The Morgan fingerprint density at radius 1 is 0.493 bits per heavy atom. The first-order chi connectivity index (χ1) is 61.9. The highest BCUT2D eigenvalue weighted by atomic mass is 33.1. The zero-order chi connectivity index (χ0) is 103. The van der Waals surface area contributed by atoms with Crippen molar-refractivity contribution in [3.05, 3.63) is 0 Å². The number of rotatable bonds is 21. The van der Waals surface area contributed by atoms with Gasteiger partial charge in [-0.25, -0.2) is 24.0 Å². The molecule has 0 aromatic heterocycles. The van der Waals surface area contributed by atoms with Gasteiger partial charge < -0.3 is 110 Å².